The highest BCUT2D eigenvalue weighted by Crippen LogP contribution is 2.27. The number of nitrogens with zero attached hydrogens (tertiary/aromatic N) is 1. The molecule has 3 aromatic rings. The van der Waals surface area contributed by atoms with Crippen LogP contribution in [0, 0.1) is 0 Å². The van der Waals surface area contributed by atoms with Gasteiger partial charge in [0.2, 0.25) is 0 Å². The molecule has 0 saturated heterocycles. The molecule has 3 aromatic carbocycles. The first-order valence-corrected chi connectivity index (χ1v) is 8.40. The molecule has 0 spiro atoms. The van der Waals surface area contributed by atoms with Crippen molar-refractivity contribution in [3.8, 4) is 5.75 Å². The Bertz CT molecular complexity index is 724. The maximum atomic E-state index is 9.57. The van der Waals surface area contributed by atoms with Crippen molar-refractivity contribution in [2.45, 2.75) is 19.7 Å². The summed E-state index contributed by atoms with van der Waals surface area (Å²) in [6.45, 7) is 1.57. The van der Waals surface area contributed by atoms with Crippen molar-refractivity contribution in [2.24, 2.45) is 0 Å². The second kappa shape index (κ2) is 8.36. The molecule has 128 valence electrons. The van der Waals surface area contributed by atoms with Gasteiger partial charge >= 0.3 is 0 Å². The lowest BCUT2D eigenvalue weighted by Crippen LogP contribution is -2.22. The standard InChI is InChI=1S/C22H23NO2/c1-25-22-13-20(17-24)12-21(14-22)23(15-18-8-4-2-5-9-18)16-19-10-6-3-7-11-19/h2-14,24H,15-17H2,1H3. The Labute approximate surface area is 149 Å². The predicted octanol–water partition coefficient (Wildman–Crippen LogP) is 4.39. The molecule has 0 atom stereocenters. The van der Waals surface area contributed by atoms with Crippen LogP contribution in [0.25, 0.3) is 0 Å². The van der Waals surface area contributed by atoms with E-state index in [9.17, 15) is 5.11 Å². The molecule has 0 aliphatic heterocycles. The van der Waals surface area contributed by atoms with Crippen molar-refractivity contribution in [3.63, 3.8) is 0 Å². The number of aliphatic hydroxyl groups is 1. The Balaban J connectivity index is 1.95. The van der Waals surface area contributed by atoms with Crippen LogP contribution in [0.2, 0.25) is 0 Å². The quantitative estimate of drug-likeness (QED) is 0.696. The summed E-state index contributed by atoms with van der Waals surface area (Å²) in [6, 6.07) is 26.7. The van der Waals surface area contributed by atoms with E-state index in [1.54, 1.807) is 7.11 Å². The van der Waals surface area contributed by atoms with Crippen molar-refractivity contribution >= 4 is 5.69 Å². The van der Waals surface area contributed by atoms with E-state index in [2.05, 4.69) is 53.4 Å². The van der Waals surface area contributed by atoms with Crippen molar-refractivity contribution in [1.29, 1.82) is 0 Å². The van der Waals surface area contributed by atoms with Crippen LogP contribution in [-0.2, 0) is 19.7 Å². The molecule has 25 heavy (non-hydrogen) atoms. The minimum Gasteiger partial charge on any atom is -0.497 e. The van der Waals surface area contributed by atoms with Crippen molar-refractivity contribution < 1.29 is 9.84 Å². The largest absolute Gasteiger partial charge is 0.497 e. The maximum absolute atomic E-state index is 9.57. The molecule has 0 aliphatic rings. The molecule has 3 heteroatoms. The van der Waals surface area contributed by atoms with Gasteiger partial charge in [-0.3, -0.25) is 0 Å². The van der Waals surface area contributed by atoms with Crippen LogP contribution in [0.5, 0.6) is 5.75 Å². The van der Waals surface area contributed by atoms with Gasteiger partial charge in [-0.05, 0) is 28.8 Å². The lowest BCUT2D eigenvalue weighted by Gasteiger charge is -2.26. The van der Waals surface area contributed by atoms with Gasteiger partial charge in [0.1, 0.15) is 5.75 Å². The molecular formula is C22H23NO2. The summed E-state index contributed by atoms with van der Waals surface area (Å²) in [7, 11) is 1.65. The van der Waals surface area contributed by atoms with Crippen LogP contribution in [0.4, 0.5) is 5.69 Å². The Hall–Kier alpha value is -2.78. The fourth-order valence-corrected chi connectivity index (χ4v) is 2.88. The van der Waals surface area contributed by atoms with Crippen LogP contribution in [0.3, 0.4) is 0 Å². The Morgan fingerprint density at radius 2 is 1.32 bits per heavy atom. The summed E-state index contributed by atoms with van der Waals surface area (Å²) in [5, 5.41) is 9.57. The van der Waals surface area contributed by atoms with E-state index in [0.29, 0.717) is 0 Å². The van der Waals surface area contributed by atoms with Crippen molar-refractivity contribution in [2.75, 3.05) is 12.0 Å². The van der Waals surface area contributed by atoms with E-state index in [4.69, 9.17) is 4.74 Å². The summed E-state index contributed by atoms with van der Waals surface area (Å²) in [5.41, 5.74) is 4.37. The fourth-order valence-electron chi connectivity index (χ4n) is 2.88. The molecule has 0 bridgehead atoms. The van der Waals surface area contributed by atoms with E-state index >= 15 is 0 Å². The molecule has 0 saturated carbocycles. The van der Waals surface area contributed by atoms with Gasteiger partial charge in [-0.25, -0.2) is 0 Å². The van der Waals surface area contributed by atoms with Gasteiger partial charge in [0.25, 0.3) is 0 Å². The number of anilines is 1. The maximum Gasteiger partial charge on any atom is 0.121 e. The van der Waals surface area contributed by atoms with E-state index < -0.39 is 0 Å². The second-order valence-corrected chi connectivity index (χ2v) is 6.02. The molecule has 0 aromatic heterocycles. The van der Waals surface area contributed by atoms with Crippen LogP contribution in [0.1, 0.15) is 16.7 Å². The minimum absolute atomic E-state index is 0.00524. The Morgan fingerprint density at radius 3 is 1.80 bits per heavy atom. The number of ether oxygens (including phenoxy) is 1. The molecule has 0 heterocycles. The topological polar surface area (TPSA) is 32.7 Å². The molecule has 3 nitrogen and oxygen atoms in total. The number of aliphatic hydroxyl groups excluding tert-OH is 1. The van der Waals surface area contributed by atoms with Gasteiger partial charge in [-0.15, -0.1) is 0 Å². The fraction of sp³-hybridized carbons (Fsp3) is 0.182. The first kappa shape index (κ1) is 17.1. The first-order valence-electron chi connectivity index (χ1n) is 8.40. The zero-order chi connectivity index (χ0) is 17.5. The van der Waals surface area contributed by atoms with E-state index in [1.165, 1.54) is 11.1 Å². The Morgan fingerprint density at radius 1 is 0.760 bits per heavy atom. The minimum atomic E-state index is -0.00524. The van der Waals surface area contributed by atoms with Gasteiger partial charge in [0, 0.05) is 24.8 Å². The summed E-state index contributed by atoms with van der Waals surface area (Å²) in [4.78, 5) is 2.30. The van der Waals surface area contributed by atoms with Gasteiger partial charge in [-0.2, -0.15) is 0 Å². The Kier molecular flexibility index (Phi) is 5.70. The highest BCUT2D eigenvalue weighted by molar-refractivity contribution is 5.54. The number of methoxy groups -OCH3 is 1. The molecule has 0 unspecified atom stereocenters. The number of hydrogen-bond acceptors (Lipinski definition) is 3. The van der Waals surface area contributed by atoms with Crippen molar-refractivity contribution in [1.82, 2.24) is 0 Å². The number of benzene rings is 3. The van der Waals surface area contributed by atoms with Crippen LogP contribution < -0.4 is 9.64 Å². The SMILES string of the molecule is COc1cc(CO)cc(N(Cc2ccccc2)Cc2ccccc2)c1. The molecular weight excluding hydrogens is 310 g/mol. The summed E-state index contributed by atoms with van der Waals surface area (Å²) in [6.07, 6.45) is 0. The second-order valence-electron chi connectivity index (χ2n) is 6.02. The van der Waals surface area contributed by atoms with Crippen LogP contribution >= 0.6 is 0 Å². The lowest BCUT2D eigenvalue weighted by molar-refractivity contribution is 0.281. The highest BCUT2D eigenvalue weighted by Gasteiger charge is 2.11. The van der Waals surface area contributed by atoms with Gasteiger partial charge in [0.15, 0.2) is 0 Å². The zero-order valence-corrected chi connectivity index (χ0v) is 14.4. The molecule has 0 radical (unpaired) electrons. The zero-order valence-electron chi connectivity index (χ0n) is 14.4. The average Bonchev–Trinajstić information content (AvgIpc) is 2.68. The molecule has 1 N–H and O–H groups in total. The molecule has 3 rings (SSSR count). The summed E-state index contributed by atoms with van der Waals surface area (Å²) < 4.78 is 5.41. The van der Waals surface area contributed by atoms with Crippen LogP contribution in [0.15, 0.2) is 78.9 Å². The lowest BCUT2D eigenvalue weighted by atomic mass is 10.1. The smallest absolute Gasteiger partial charge is 0.121 e. The van der Waals surface area contributed by atoms with Gasteiger partial charge < -0.3 is 14.7 Å². The predicted molar refractivity (Wildman–Crippen MR) is 102 cm³/mol. The summed E-state index contributed by atoms with van der Waals surface area (Å²) >= 11 is 0. The van der Waals surface area contributed by atoms with Gasteiger partial charge in [-0.1, -0.05) is 60.7 Å². The van der Waals surface area contributed by atoms with Crippen molar-refractivity contribution in [3.05, 3.63) is 95.6 Å². The third-order valence-corrected chi connectivity index (χ3v) is 4.17. The van der Waals surface area contributed by atoms with E-state index in [1.807, 2.05) is 30.3 Å². The number of rotatable bonds is 7. The molecule has 0 aliphatic carbocycles. The first-order chi connectivity index (χ1) is 12.3. The number of hydrogen-bond donors (Lipinski definition) is 1. The van der Waals surface area contributed by atoms with Gasteiger partial charge in [0.05, 0.1) is 13.7 Å². The van der Waals surface area contributed by atoms with E-state index in [-0.39, 0.29) is 6.61 Å². The average molecular weight is 333 g/mol. The monoisotopic (exact) mass is 333 g/mol. The van der Waals surface area contributed by atoms with Crippen LogP contribution in [-0.4, -0.2) is 12.2 Å². The van der Waals surface area contributed by atoms with E-state index in [0.717, 1.165) is 30.1 Å². The third kappa shape index (κ3) is 4.61. The normalized spacial score (nSPS) is 10.5. The molecule has 0 amide bonds. The third-order valence-electron chi connectivity index (χ3n) is 4.17. The highest BCUT2D eigenvalue weighted by atomic mass is 16.5. The summed E-state index contributed by atoms with van der Waals surface area (Å²) in [5.74, 6) is 0.757. The molecule has 0 fully saturated rings.